The van der Waals surface area contributed by atoms with E-state index in [4.69, 9.17) is 12.2 Å². The molecule has 1 aromatic heterocycles. The molecule has 8 nitrogen and oxygen atoms in total. The lowest BCUT2D eigenvalue weighted by molar-refractivity contribution is -0.384. The number of benzene rings is 3. The minimum absolute atomic E-state index is 0.117. The number of anilines is 2. The highest BCUT2D eigenvalue weighted by Crippen LogP contribution is 2.39. The first-order chi connectivity index (χ1) is 15.6. The van der Waals surface area contributed by atoms with Crippen molar-refractivity contribution in [2.24, 2.45) is 10.2 Å². The number of aromatic nitrogens is 1. The molecule has 0 unspecified atom stereocenters. The highest BCUT2D eigenvalue weighted by atomic mass is 32.1. The first-order valence-electron chi connectivity index (χ1n) is 9.44. The minimum Gasteiger partial charge on any atom is -0.332 e. The smallest absolute Gasteiger partial charge is 0.296 e. The van der Waals surface area contributed by atoms with Crippen LogP contribution < -0.4 is 10.6 Å². The predicted molar refractivity (Wildman–Crippen MR) is 131 cm³/mol. The summed E-state index contributed by atoms with van der Waals surface area (Å²) >= 11 is 6.64. The molecule has 0 saturated heterocycles. The minimum atomic E-state index is -0.486. The number of nitro benzene ring substituents is 1. The Bertz CT molecular complexity index is 1280. The lowest BCUT2D eigenvalue weighted by Gasteiger charge is -2.07. The van der Waals surface area contributed by atoms with Gasteiger partial charge in [-0.05, 0) is 30.4 Å². The molecule has 1 heterocycles. The molecule has 4 rings (SSSR count). The van der Waals surface area contributed by atoms with Crippen LogP contribution in [0.1, 0.15) is 0 Å². The second-order valence-electron chi connectivity index (χ2n) is 6.43. The molecule has 10 heteroatoms. The quantitative estimate of drug-likeness (QED) is 0.140. The van der Waals surface area contributed by atoms with Gasteiger partial charge in [0.15, 0.2) is 20.9 Å². The Hall–Kier alpha value is -4.02. The first-order valence-corrected chi connectivity index (χ1v) is 10.7. The Morgan fingerprint density at radius 1 is 0.906 bits per heavy atom. The number of nitro groups is 1. The van der Waals surface area contributed by atoms with Crippen molar-refractivity contribution in [2.75, 3.05) is 10.6 Å². The largest absolute Gasteiger partial charge is 0.332 e. The van der Waals surface area contributed by atoms with Crippen LogP contribution >= 0.6 is 23.6 Å². The van der Waals surface area contributed by atoms with Crippen LogP contribution in [0.15, 0.2) is 95.2 Å². The zero-order valence-electron chi connectivity index (χ0n) is 16.5. The van der Waals surface area contributed by atoms with Crippen molar-refractivity contribution in [3.8, 4) is 11.3 Å². The number of hydrogen-bond donors (Lipinski definition) is 2. The van der Waals surface area contributed by atoms with E-state index in [1.807, 2.05) is 60.7 Å². The Balaban J connectivity index is 1.63. The lowest BCUT2D eigenvalue weighted by Crippen LogP contribution is -2.18. The molecule has 0 spiro atoms. The number of hydrogen-bond acceptors (Lipinski definition) is 7. The third-order valence-corrected chi connectivity index (χ3v) is 5.29. The summed E-state index contributed by atoms with van der Waals surface area (Å²) in [5.74, 6) is 0. The van der Waals surface area contributed by atoms with Gasteiger partial charge in [0.2, 0.25) is 0 Å². The van der Waals surface area contributed by atoms with Gasteiger partial charge in [0.25, 0.3) is 5.69 Å². The van der Waals surface area contributed by atoms with Crippen LogP contribution in [0.4, 0.5) is 27.2 Å². The number of rotatable bonds is 6. The topological polar surface area (TPSA) is 105 Å². The molecule has 32 heavy (non-hydrogen) atoms. The number of thiocarbonyl (C=S) groups is 1. The average molecular weight is 461 g/mol. The molecular weight excluding hydrogens is 444 g/mol. The van der Waals surface area contributed by atoms with E-state index >= 15 is 0 Å². The van der Waals surface area contributed by atoms with Crippen LogP contribution in [0.25, 0.3) is 11.3 Å². The van der Waals surface area contributed by atoms with Gasteiger partial charge < -0.3 is 10.6 Å². The molecule has 0 amide bonds. The third kappa shape index (κ3) is 5.17. The molecule has 0 aliphatic carbocycles. The maximum Gasteiger partial charge on any atom is 0.296 e. The molecule has 158 valence electrons. The predicted octanol–water partition coefficient (Wildman–Crippen LogP) is 6.94. The van der Waals surface area contributed by atoms with Gasteiger partial charge in [-0.3, -0.25) is 10.1 Å². The van der Waals surface area contributed by atoms with Crippen molar-refractivity contribution >= 4 is 55.9 Å². The van der Waals surface area contributed by atoms with E-state index in [0.29, 0.717) is 20.9 Å². The van der Waals surface area contributed by atoms with Gasteiger partial charge in [-0.2, -0.15) is 0 Å². The summed E-state index contributed by atoms with van der Waals surface area (Å²) in [5, 5.41) is 27.2. The monoisotopic (exact) mass is 460 g/mol. The van der Waals surface area contributed by atoms with E-state index in [1.54, 1.807) is 18.2 Å². The molecular formula is C22H16N6O2S2. The van der Waals surface area contributed by atoms with E-state index in [2.05, 4.69) is 25.8 Å². The average Bonchev–Trinajstić information content (AvgIpc) is 3.21. The van der Waals surface area contributed by atoms with Gasteiger partial charge in [0.05, 0.1) is 4.92 Å². The van der Waals surface area contributed by atoms with Crippen molar-refractivity contribution < 1.29 is 4.92 Å². The normalized spacial score (nSPS) is 10.8. The number of thiazole rings is 1. The summed E-state index contributed by atoms with van der Waals surface area (Å²) in [5.41, 5.74) is 2.34. The lowest BCUT2D eigenvalue weighted by atomic mass is 10.2. The molecule has 4 aromatic rings. The molecule has 0 atom stereocenters. The fourth-order valence-corrected chi connectivity index (χ4v) is 3.89. The third-order valence-electron chi connectivity index (χ3n) is 4.24. The molecule has 0 aliphatic heterocycles. The van der Waals surface area contributed by atoms with Crippen LogP contribution in [-0.4, -0.2) is 15.0 Å². The highest BCUT2D eigenvalue weighted by Gasteiger charge is 2.16. The standard InChI is InChI=1S/C22H16N6O2S2/c29-28(30)18-14-8-7-13-17(18)26-27-20-19(15-9-3-1-4-10-15)24-22(32-20)25-21(31)23-16-11-5-2-6-12-16/h1-14H,(H2,23,24,25,31). The van der Waals surface area contributed by atoms with Crippen LogP contribution in [-0.2, 0) is 0 Å². The van der Waals surface area contributed by atoms with Gasteiger partial charge in [-0.15, -0.1) is 10.2 Å². The Labute approximate surface area is 192 Å². The van der Waals surface area contributed by atoms with Crippen LogP contribution in [0.3, 0.4) is 0 Å². The Kier molecular flexibility index (Phi) is 6.54. The number of nitrogens with zero attached hydrogens (tertiary/aromatic N) is 4. The van der Waals surface area contributed by atoms with Gasteiger partial charge in [-0.1, -0.05) is 72.0 Å². The molecule has 0 aliphatic rings. The highest BCUT2D eigenvalue weighted by molar-refractivity contribution is 7.80. The molecule has 0 radical (unpaired) electrons. The van der Waals surface area contributed by atoms with Crippen molar-refractivity contribution in [1.82, 2.24) is 4.98 Å². The van der Waals surface area contributed by atoms with Crippen molar-refractivity contribution in [2.45, 2.75) is 0 Å². The molecule has 2 N–H and O–H groups in total. The van der Waals surface area contributed by atoms with Crippen LogP contribution in [0, 0.1) is 10.1 Å². The maximum atomic E-state index is 11.3. The van der Waals surface area contributed by atoms with E-state index in [0.717, 1.165) is 11.3 Å². The zero-order valence-corrected chi connectivity index (χ0v) is 18.1. The summed E-state index contributed by atoms with van der Waals surface area (Å²) in [6, 6.07) is 25.2. The maximum absolute atomic E-state index is 11.3. The fraction of sp³-hybridized carbons (Fsp3) is 0. The van der Waals surface area contributed by atoms with Crippen molar-refractivity contribution in [3.05, 3.63) is 95.0 Å². The van der Waals surface area contributed by atoms with Gasteiger partial charge in [-0.25, -0.2) is 4.98 Å². The summed E-state index contributed by atoms with van der Waals surface area (Å²) in [7, 11) is 0. The second kappa shape index (κ2) is 9.86. The summed E-state index contributed by atoms with van der Waals surface area (Å²) < 4.78 is 0. The second-order valence-corrected chi connectivity index (χ2v) is 7.82. The van der Waals surface area contributed by atoms with Gasteiger partial charge >= 0.3 is 0 Å². The Morgan fingerprint density at radius 3 is 2.28 bits per heavy atom. The van der Waals surface area contributed by atoms with E-state index in [9.17, 15) is 10.1 Å². The summed E-state index contributed by atoms with van der Waals surface area (Å²) in [4.78, 5) is 15.4. The van der Waals surface area contributed by atoms with Gasteiger partial charge in [0.1, 0.15) is 5.69 Å². The van der Waals surface area contributed by atoms with E-state index < -0.39 is 4.92 Å². The summed E-state index contributed by atoms with van der Waals surface area (Å²) in [6.07, 6.45) is 0. The zero-order chi connectivity index (χ0) is 22.3. The Morgan fingerprint density at radius 2 is 1.56 bits per heavy atom. The SMILES string of the molecule is O=[N+]([O-])c1ccccc1N=Nc1sc(NC(=S)Nc2ccccc2)nc1-c1ccccc1. The molecule has 0 fully saturated rings. The van der Waals surface area contributed by atoms with Crippen molar-refractivity contribution in [3.63, 3.8) is 0 Å². The van der Waals surface area contributed by atoms with Crippen LogP contribution in [0.2, 0.25) is 0 Å². The first kappa shape index (κ1) is 21.2. The number of azo groups is 1. The molecule has 0 bridgehead atoms. The number of para-hydroxylation sites is 2. The summed E-state index contributed by atoms with van der Waals surface area (Å²) in [6.45, 7) is 0. The van der Waals surface area contributed by atoms with E-state index in [1.165, 1.54) is 17.4 Å². The number of nitrogens with one attached hydrogen (secondary N) is 2. The fourth-order valence-electron chi connectivity index (χ4n) is 2.80. The van der Waals surface area contributed by atoms with Crippen LogP contribution in [0.5, 0.6) is 0 Å². The molecule has 0 saturated carbocycles. The van der Waals surface area contributed by atoms with Gasteiger partial charge in [0, 0.05) is 17.3 Å². The van der Waals surface area contributed by atoms with Crippen molar-refractivity contribution in [1.29, 1.82) is 0 Å². The van der Waals surface area contributed by atoms with E-state index in [-0.39, 0.29) is 11.4 Å². The molecule has 3 aromatic carbocycles.